The molecule has 1 aliphatic carbocycles. The molecule has 1 aromatic rings. The van der Waals surface area contributed by atoms with Gasteiger partial charge in [-0.2, -0.15) is 4.98 Å². The number of ether oxygens (including phenoxy) is 1. The lowest BCUT2D eigenvalue weighted by atomic mass is 9.89. The smallest absolute Gasteiger partial charge is 0.397 e. The molecule has 82 valence electrons. The van der Waals surface area contributed by atoms with Gasteiger partial charge in [0.2, 0.25) is 0 Å². The van der Waals surface area contributed by atoms with Crippen LogP contribution in [0.3, 0.4) is 0 Å². The van der Waals surface area contributed by atoms with Crippen LogP contribution in [0.4, 0.5) is 0 Å². The SMILES string of the molecule is COC(=O)c1nc(C2CCCCC2)no1. The Kier molecular flexibility index (Phi) is 2.99. The van der Waals surface area contributed by atoms with Crippen LogP contribution in [-0.4, -0.2) is 23.2 Å². The van der Waals surface area contributed by atoms with E-state index in [-0.39, 0.29) is 5.89 Å². The second-order valence-electron chi connectivity index (χ2n) is 3.78. The Labute approximate surface area is 87.8 Å². The van der Waals surface area contributed by atoms with Crippen LogP contribution in [0.15, 0.2) is 4.52 Å². The van der Waals surface area contributed by atoms with Gasteiger partial charge in [-0.05, 0) is 12.8 Å². The fraction of sp³-hybridized carbons (Fsp3) is 0.700. The van der Waals surface area contributed by atoms with E-state index in [0.29, 0.717) is 11.7 Å². The van der Waals surface area contributed by atoms with Crippen molar-refractivity contribution in [2.75, 3.05) is 7.11 Å². The van der Waals surface area contributed by atoms with Gasteiger partial charge in [0.15, 0.2) is 5.82 Å². The van der Waals surface area contributed by atoms with Gasteiger partial charge in [0.05, 0.1) is 7.11 Å². The minimum absolute atomic E-state index is 0.0435. The second kappa shape index (κ2) is 4.42. The van der Waals surface area contributed by atoms with Crippen molar-refractivity contribution in [3.63, 3.8) is 0 Å². The standard InChI is InChI=1S/C10H14N2O3/c1-14-10(13)9-11-8(12-15-9)7-5-3-2-4-6-7/h7H,2-6H2,1H3. The average Bonchev–Trinajstić information content (AvgIpc) is 2.78. The summed E-state index contributed by atoms with van der Waals surface area (Å²) < 4.78 is 9.34. The molecule has 0 unspecified atom stereocenters. The highest BCUT2D eigenvalue weighted by Gasteiger charge is 2.23. The molecule has 1 heterocycles. The number of carbonyl (C=O) groups is 1. The Bertz CT molecular complexity index is 342. The van der Waals surface area contributed by atoms with Gasteiger partial charge in [-0.25, -0.2) is 4.79 Å². The van der Waals surface area contributed by atoms with Crippen LogP contribution in [0.5, 0.6) is 0 Å². The van der Waals surface area contributed by atoms with E-state index in [9.17, 15) is 4.79 Å². The van der Waals surface area contributed by atoms with Crippen LogP contribution in [0.2, 0.25) is 0 Å². The van der Waals surface area contributed by atoms with Crippen LogP contribution in [0.1, 0.15) is 54.5 Å². The molecule has 1 aromatic heterocycles. The fourth-order valence-corrected chi connectivity index (χ4v) is 1.93. The quantitative estimate of drug-likeness (QED) is 0.697. The summed E-state index contributed by atoms with van der Waals surface area (Å²) in [7, 11) is 1.30. The molecular weight excluding hydrogens is 196 g/mol. The number of rotatable bonds is 2. The third kappa shape index (κ3) is 2.16. The molecule has 2 rings (SSSR count). The van der Waals surface area contributed by atoms with E-state index in [4.69, 9.17) is 4.52 Å². The minimum atomic E-state index is -0.565. The molecule has 1 fully saturated rings. The number of carbonyl (C=O) groups excluding carboxylic acids is 1. The van der Waals surface area contributed by atoms with Crippen LogP contribution in [-0.2, 0) is 4.74 Å². The number of aromatic nitrogens is 2. The Hall–Kier alpha value is -1.39. The first-order chi connectivity index (χ1) is 7.31. The van der Waals surface area contributed by atoms with Crippen LogP contribution >= 0.6 is 0 Å². The largest absolute Gasteiger partial charge is 0.462 e. The summed E-state index contributed by atoms with van der Waals surface area (Å²) in [6.07, 6.45) is 5.85. The number of nitrogens with zero attached hydrogens (tertiary/aromatic N) is 2. The van der Waals surface area contributed by atoms with Crippen molar-refractivity contribution in [2.24, 2.45) is 0 Å². The van der Waals surface area contributed by atoms with Crippen molar-refractivity contribution in [1.82, 2.24) is 10.1 Å². The predicted octanol–water partition coefficient (Wildman–Crippen LogP) is 1.90. The van der Waals surface area contributed by atoms with Gasteiger partial charge < -0.3 is 9.26 Å². The van der Waals surface area contributed by atoms with Gasteiger partial charge in [0, 0.05) is 5.92 Å². The van der Waals surface area contributed by atoms with Gasteiger partial charge in [-0.1, -0.05) is 24.4 Å². The van der Waals surface area contributed by atoms with Crippen LogP contribution in [0.25, 0.3) is 0 Å². The number of methoxy groups -OCH3 is 1. The number of esters is 1. The van der Waals surface area contributed by atoms with E-state index in [1.165, 1.54) is 26.4 Å². The molecule has 0 aromatic carbocycles. The number of hydrogen-bond donors (Lipinski definition) is 0. The number of hydrogen-bond acceptors (Lipinski definition) is 5. The lowest BCUT2D eigenvalue weighted by Crippen LogP contribution is -2.07. The van der Waals surface area contributed by atoms with Crippen molar-refractivity contribution in [1.29, 1.82) is 0 Å². The van der Waals surface area contributed by atoms with Crippen molar-refractivity contribution < 1.29 is 14.1 Å². The van der Waals surface area contributed by atoms with Gasteiger partial charge in [0.25, 0.3) is 0 Å². The predicted molar refractivity (Wildman–Crippen MR) is 51.5 cm³/mol. The normalized spacial score (nSPS) is 17.7. The molecule has 0 N–H and O–H groups in total. The Morgan fingerprint density at radius 1 is 1.40 bits per heavy atom. The second-order valence-corrected chi connectivity index (χ2v) is 3.78. The Morgan fingerprint density at radius 2 is 2.13 bits per heavy atom. The summed E-state index contributed by atoms with van der Waals surface area (Å²) in [5.74, 6) is 0.388. The van der Waals surface area contributed by atoms with Crippen molar-refractivity contribution in [3.05, 3.63) is 11.7 Å². The average molecular weight is 210 g/mol. The molecule has 0 atom stereocenters. The third-order valence-electron chi connectivity index (χ3n) is 2.77. The highest BCUT2D eigenvalue weighted by Crippen LogP contribution is 2.30. The van der Waals surface area contributed by atoms with Crippen molar-refractivity contribution in [3.8, 4) is 0 Å². The molecule has 1 aliphatic rings. The molecule has 0 saturated heterocycles. The summed E-state index contributed by atoms with van der Waals surface area (Å²) in [5, 5.41) is 3.82. The third-order valence-corrected chi connectivity index (χ3v) is 2.77. The topological polar surface area (TPSA) is 65.2 Å². The first kappa shape index (κ1) is 10.1. The Balaban J connectivity index is 2.08. The highest BCUT2D eigenvalue weighted by molar-refractivity contribution is 5.83. The summed E-state index contributed by atoms with van der Waals surface area (Å²) in [6, 6.07) is 0. The van der Waals surface area contributed by atoms with E-state index in [1.807, 2.05) is 0 Å². The molecule has 0 spiro atoms. The molecule has 5 nitrogen and oxygen atoms in total. The van der Waals surface area contributed by atoms with Gasteiger partial charge >= 0.3 is 11.9 Å². The van der Waals surface area contributed by atoms with Crippen LogP contribution < -0.4 is 0 Å². The molecule has 1 saturated carbocycles. The summed E-state index contributed by atoms with van der Waals surface area (Å²) >= 11 is 0. The maximum Gasteiger partial charge on any atom is 0.397 e. The summed E-state index contributed by atoms with van der Waals surface area (Å²) in [4.78, 5) is 15.1. The van der Waals surface area contributed by atoms with E-state index >= 15 is 0 Å². The van der Waals surface area contributed by atoms with E-state index < -0.39 is 5.97 Å². The minimum Gasteiger partial charge on any atom is -0.462 e. The summed E-state index contributed by atoms with van der Waals surface area (Å²) in [5.41, 5.74) is 0. The zero-order valence-corrected chi connectivity index (χ0v) is 8.73. The molecule has 0 aliphatic heterocycles. The molecule has 5 heteroatoms. The lowest BCUT2D eigenvalue weighted by molar-refractivity contribution is 0.0545. The maximum atomic E-state index is 11.1. The monoisotopic (exact) mass is 210 g/mol. The molecular formula is C10H14N2O3. The molecule has 15 heavy (non-hydrogen) atoms. The van der Waals surface area contributed by atoms with Gasteiger partial charge in [-0.3, -0.25) is 0 Å². The summed E-state index contributed by atoms with van der Waals surface area (Å²) in [6.45, 7) is 0. The first-order valence-corrected chi connectivity index (χ1v) is 5.23. The Morgan fingerprint density at radius 3 is 2.80 bits per heavy atom. The fourth-order valence-electron chi connectivity index (χ4n) is 1.93. The van der Waals surface area contributed by atoms with E-state index in [1.54, 1.807) is 0 Å². The maximum absolute atomic E-state index is 11.1. The van der Waals surface area contributed by atoms with Crippen LogP contribution in [0, 0.1) is 0 Å². The molecule has 0 amide bonds. The lowest BCUT2D eigenvalue weighted by Gasteiger charge is -2.17. The van der Waals surface area contributed by atoms with Gasteiger partial charge in [0.1, 0.15) is 0 Å². The zero-order valence-electron chi connectivity index (χ0n) is 8.73. The highest BCUT2D eigenvalue weighted by atomic mass is 16.6. The van der Waals surface area contributed by atoms with Crippen molar-refractivity contribution in [2.45, 2.75) is 38.0 Å². The van der Waals surface area contributed by atoms with Gasteiger partial charge in [-0.15, -0.1) is 0 Å². The van der Waals surface area contributed by atoms with Crippen molar-refractivity contribution >= 4 is 5.97 Å². The van der Waals surface area contributed by atoms with E-state index in [0.717, 1.165) is 12.8 Å². The first-order valence-electron chi connectivity index (χ1n) is 5.23. The zero-order chi connectivity index (χ0) is 10.7. The molecule has 0 radical (unpaired) electrons. The van der Waals surface area contributed by atoms with E-state index in [2.05, 4.69) is 14.9 Å². The molecule has 0 bridgehead atoms.